The second-order valence-corrected chi connectivity index (χ2v) is 17.1. The summed E-state index contributed by atoms with van der Waals surface area (Å²) < 4.78 is 29.9. The lowest BCUT2D eigenvalue weighted by molar-refractivity contribution is -0.134. The highest BCUT2D eigenvalue weighted by Gasteiger charge is 2.41. The van der Waals surface area contributed by atoms with Crippen molar-refractivity contribution in [2.24, 2.45) is 0 Å². The van der Waals surface area contributed by atoms with E-state index < -0.39 is 26.1 Å². The molecule has 2 fully saturated rings. The first-order valence-electron chi connectivity index (χ1n) is 20.2. The molecule has 0 bridgehead atoms. The third-order valence-electron chi connectivity index (χ3n) is 9.64. The van der Waals surface area contributed by atoms with Gasteiger partial charge in [0.2, 0.25) is 11.8 Å². The summed E-state index contributed by atoms with van der Waals surface area (Å²) in [5.41, 5.74) is 0. The Hall–Kier alpha value is -1.44. The van der Waals surface area contributed by atoms with E-state index in [0.29, 0.717) is 63.0 Å². The van der Waals surface area contributed by atoms with Crippen molar-refractivity contribution in [2.75, 3.05) is 39.4 Å². The molecule has 2 amide bonds. The number of nitrogens with zero attached hydrogens (tertiary/aromatic N) is 2. The van der Waals surface area contributed by atoms with E-state index in [-0.39, 0.29) is 50.1 Å². The first kappa shape index (κ1) is 46.7. The van der Waals surface area contributed by atoms with Crippen LogP contribution in [0.3, 0.4) is 0 Å². The van der Waals surface area contributed by atoms with Gasteiger partial charge >= 0.3 is 7.82 Å². The number of hydrogen-bond donors (Lipinski definition) is 4. The average molecular weight is 761 g/mol. The molecule has 2 heterocycles. The molecule has 0 aromatic carbocycles. The minimum absolute atomic E-state index is 0.0204. The number of Topliss-reactive ketones (excluding diaryl/α,β-unsaturated/α-hetero) is 1. The van der Waals surface area contributed by atoms with Crippen molar-refractivity contribution in [3.8, 4) is 0 Å². The van der Waals surface area contributed by atoms with E-state index in [2.05, 4.69) is 38.3 Å². The summed E-state index contributed by atoms with van der Waals surface area (Å²) >= 11 is 0. The summed E-state index contributed by atoms with van der Waals surface area (Å²) in [5.74, 6) is 0.158. The van der Waals surface area contributed by atoms with Crippen LogP contribution in [0.2, 0.25) is 0 Å². The molecule has 0 saturated carbocycles. The Kier molecular flexibility index (Phi) is 23.0. The molecule has 0 aromatic rings. The molecule has 14 heteroatoms. The van der Waals surface area contributed by atoms with Gasteiger partial charge in [-0.15, -0.1) is 0 Å². The molecular weight excluding hydrogens is 687 g/mol. The Balaban J connectivity index is 1.73. The van der Waals surface area contributed by atoms with Gasteiger partial charge < -0.3 is 35.2 Å². The van der Waals surface area contributed by atoms with Gasteiger partial charge in [0.25, 0.3) is 0 Å². The van der Waals surface area contributed by atoms with Crippen LogP contribution >= 0.6 is 7.82 Å². The minimum Gasteiger partial charge on any atom is -0.391 e. The van der Waals surface area contributed by atoms with Gasteiger partial charge in [-0.3, -0.25) is 23.4 Å². The van der Waals surface area contributed by atoms with Crippen LogP contribution in [0.15, 0.2) is 0 Å². The van der Waals surface area contributed by atoms with E-state index in [1.165, 1.54) is 0 Å². The molecule has 2 aliphatic heterocycles. The van der Waals surface area contributed by atoms with Gasteiger partial charge in [-0.25, -0.2) is 4.57 Å². The fourth-order valence-corrected chi connectivity index (χ4v) is 7.77. The third kappa shape index (κ3) is 20.3. The number of ether oxygens (including phenoxy) is 1. The average Bonchev–Trinajstić information content (AvgIpc) is 3.65. The van der Waals surface area contributed by atoms with Crippen LogP contribution < -0.4 is 10.6 Å². The maximum absolute atomic E-state index is 13.2. The van der Waals surface area contributed by atoms with Gasteiger partial charge in [0.05, 0.1) is 43.6 Å². The largest absolute Gasteiger partial charge is 0.472 e. The third-order valence-corrected chi connectivity index (χ3v) is 10.7. The van der Waals surface area contributed by atoms with Gasteiger partial charge in [-0.05, 0) is 78.3 Å². The molecule has 2 saturated heterocycles. The van der Waals surface area contributed by atoms with Crippen LogP contribution in [-0.4, -0.2) is 119 Å². The number of ketones is 1. The first-order valence-corrected chi connectivity index (χ1v) is 21.7. The zero-order valence-corrected chi connectivity index (χ0v) is 34.1. The zero-order valence-electron chi connectivity index (χ0n) is 33.2. The molecule has 0 spiro atoms. The van der Waals surface area contributed by atoms with Crippen LogP contribution in [0.5, 0.6) is 0 Å². The van der Waals surface area contributed by atoms with Gasteiger partial charge in [-0.2, -0.15) is 0 Å². The predicted molar refractivity (Wildman–Crippen MR) is 204 cm³/mol. The topological polar surface area (TPSA) is 167 Å². The Morgan fingerprint density at radius 2 is 1.17 bits per heavy atom. The summed E-state index contributed by atoms with van der Waals surface area (Å²) in [6.07, 6.45) is 10.0. The number of aliphatic hydroxyl groups excluding tert-OH is 1. The molecule has 2 rings (SSSR count). The molecule has 13 nitrogen and oxygen atoms in total. The Morgan fingerprint density at radius 1 is 0.692 bits per heavy atom. The van der Waals surface area contributed by atoms with Gasteiger partial charge in [0.1, 0.15) is 5.78 Å². The number of likely N-dealkylation sites (tertiary alicyclic amines) is 2. The number of rotatable bonds is 29. The van der Waals surface area contributed by atoms with E-state index >= 15 is 0 Å². The number of hydrogen-bond acceptors (Lipinski definition) is 10. The van der Waals surface area contributed by atoms with Crippen LogP contribution in [0.1, 0.15) is 144 Å². The number of unbranched alkanes of at least 4 members (excludes halogenated alkanes) is 7. The van der Waals surface area contributed by atoms with E-state index in [0.717, 1.165) is 70.9 Å². The van der Waals surface area contributed by atoms with Crippen molar-refractivity contribution in [1.29, 1.82) is 0 Å². The highest BCUT2D eigenvalue weighted by atomic mass is 31.2. The number of carbonyl (C=O) groups is 3. The van der Waals surface area contributed by atoms with Crippen molar-refractivity contribution in [3.05, 3.63) is 0 Å². The zero-order chi connectivity index (χ0) is 38.5. The lowest BCUT2D eigenvalue weighted by Crippen LogP contribution is -2.39. The number of amides is 2. The summed E-state index contributed by atoms with van der Waals surface area (Å²) in [7, 11) is -4.53. The lowest BCUT2D eigenvalue weighted by atomic mass is 10.0. The Morgan fingerprint density at radius 3 is 1.69 bits per heavy atom. The molecule has 0 aromatic heterocycles. The summed E-state index contributed by atoms with van der Waals surface area (Å²) in [6.45, 7) is 14.6. The number of phosphoric acid groups is 1. The van der Waals surface area contributed by atoms with E-state index in [4.69, 9.17) is 13.8 Å². The lowest BCUT2D eigenvalue weighted by Gasteiger charge is -2.26. The maximum Gasteiger partial charge on any atom is 0.472 e. The molecular formula is C38H73N4O9P. The number of carbonyl (C=O) groups excluding carboxylic acids is 3. The van der Waals surface area contributed by atoms with E-state index in [1.54, 1.807) is 9.80 Å². The maximum atomic E-state index is 13.2. The molecule has 304 valence electrons. The molecule has 2 aliphatic rings. The standard InChI is InChI=1S/C38H73N4O9P/c1-29(2)39-21-15-9-12-18-34(43)17-11-7-8-13-19-37(45)41-25-35(44)23-32(41)28-50-52(47,48)51-36-24-33(27-49-31(5)6)42(26-36)38(46)20-14-10-16-22-40-30(3)4/h29-33,35-36,39-40,44H,7-28H2,1-6H3,(H,47,48)/t32-,33-,35+,36+/m0/s1. The monoisotopic (exact) mass is 761 g/mol. The van der Waals surface area contributed by atoms with Crippen molar-refractivity contribution in [1.82, 2.24) is 20.4 Å². The second kappa shape index (κ2) is 25.6. The number of aliphatic hydroxyl groups is 1. The molecule has 5 atom stereocenters. The molecule has 0 radical (unpaired) electrons. The summed E-state index contributed by atoms with van der Waals surface area (Å²) in [4.78, 5) is 52.3. The molecule has 4 N–H and O–H groups in total. The highest BCUT2D eigenvalue weighted by Crippen LogP contribution is 2.47. The summed E-state index contributed by atoms with van der Waals surface area (Å²) in [5, 5.41) is 17.1. The predicted octanol–water partition coefficient (Wildman–Crippen LogP) is 5.50. The quantitative estimate of drug-likeness (QED) is 0.0562. The Labute approximate surface area is 314 Å². The Bertz CT molecular complexity index is 1080. The number of nitrogens with one attached hydrogen (secondary N) is 2. The highest BCUT2D eigenvalue weighted by molar-refractivity contribution is 7.47. The van der Waals surface area contributed by atoms with Crippen LogP contribution in [0, 0.1) is 0 Å². The fraction of sp³-hybridized carbons (Fsp3) is 0.921. The van der Waals surface area contributed by atoms with Gasteiger partial charge in [-0.1, -0.05) is 53.4 Å². The number of phosphoric ester groups is 1. The number of β-amino-alcohol motifs (C(OH)–C–C–N with tert-alkyl or cyclic N) is 1. The molecule has 1 unspecified atom stereocenters. The van der Waals surface area contributed by atoms with Gasteiger partial charge in [0, 0.05) is 50.9 Å². The van der Waals surface area contributed by atoms with Crippen LogP contribution in [-0.2, 0) is 32.7 Å². The SMILES string of the molecule is CC(C)NCCCCCC(=O)CCCCCCC(=O)N1C[C@H](O)C[C@H]1COP(=O)(O)O[C@@H]1C[C@@H](COC(C)C)N(C(=O)CCCCCNC(C)C)C1. The first-order chi connectivity index (χ1) is 24.7. The van der Waals surface area contributed by atoms with E-state index in [1.807, 2.05) is 13.8 Å². The van der Waals surface area contributed by atoms with Crippen LogP contribution in [0.4, 0.5) is 0 Å². The van der Waals surface area contributed by atoms with Gasteiger partial charge in [0.15, 0.2) is 0 Å². The van der Waals surface area contributed by atoms with Crippen LogP contribution in [0.25, 0.3) is 0 Å². The molecule has 52 heavy (non-hydrogen) atoms. The normalized spacial score (nSPS) is 21.9. The van der Waals surface area contributed by atoms with Crippen molar-refractivity contribution >= 4 is 25.4 Å². The fourth-order valence-electron chi connectivity index (χ4n) is 6.82. The van der Waals surface area contributed by atoms with Crippen molar-refractivity contribution in [3.63, 3.8) is 0 Å². The summed E-state index contributed by atoms with van der Waals surface area (Å²) in [6, 6.07) is 0.103. The second-order valence-electron chi connectivity index (χ2n) is 15.7. The van der Waals surface area contributed by atoms with Crippen molar-refractivity contribution < 1.29 is 42.7 Å². The minimum atomic E-state index is -4.53. The van der Waals surface area contributed by atoms with Crippen molar-refractivity contribution in [2.45, 2.75) is 187 Å². The van der Waals surface area contributed by atoms with E-state index in [9.17, 15) is 28.9 Å². The molecule has 0 aliphatic carbocycles. The smallest absolute Gasteiger partial charge is 0.391 e.